The summed E-state index contributed by atoms with van der Waals surface area (Å²) in [5, 5.41) is 0. The summed E-state index contributed by atoms with van der Waals surface area (Å²) in [7, 11) is 0. The van der Waals surface area contributed by atoms with Gasteiger partial charge in [0.2, 0.25) is 5.88 Å². The lowest BCUT2D eigenvalue weighted by molar-refractivity contribution is 0.421. The Balaban J connectivity index is 2.30. The number of benzene rings is 1. The lowest BCUT2D eigenvalue weighted by Crippen LogP contribution is -1.92. The molecule has 16 heavy (non-hydrogen) atoms. The monoisotopic (exact) mass is 286 g/mol. The number of ether oxygens (including phenoxy) is 1. The second-order valence-electron chi connectivity index (χ2n) is 2.86. The van der Waals surface area contributed by atoms with Crippen molar-refractivity contribution in [2.45, 2.75) is 0 Å². The van der Waals surface area contributed by atoms with Gasteiger partial charge in [-0.25, -0.2) is 18.7 Å². The van der Waals surface area contributed by atoms with Crippen molar-refractivity contribution >= 4 is 15.9 Å². The van der Waals surface area contributed by atoms with Crippen LogP contribution in [0.4, 0.5) is 8.78 Å². The van der Waals surface area contributed by atoms with Crippen LogP contribution in [0, 0.1) is 11.6 Å². The highest BCUT2D eigenvalue weighted by molar-refractivity contribution is 9.10. The predicted octanol–water partition coefficient (Wildman–Crippen LogP) is 3.31. The molecule has 0 amide bonds. The molecule has 0 aliphatic carbocycles. The fourth-order valence-corrected chi connectivity index (χ4v) is 1.33. The van der Waals surface area contributed by atoms with Gasteiger partial charge in [-0.15, -0.1) is 0 Å². The summed E-state index contributed by atoms with van der Waals surface area (Å²) in [4.78, 5) is 7.53. The van der Waals surface area contributed by atoms with Crippen LogP contribution in [0.2, 0.25) is 0 Å². The van der Waals surface area contributed by atoms with Crippen molar-refractivity contribution in [3.8, 4) is 11.6 Å². The second kappa shape index (κ2) is 4.52. The van der Waals surface area contributed by atoms with Crippen LogP contribution in [0.25, 0.3) is 0 Å². The average Bonchev–Trinajstić information content (AvgIpc) is 2.24. The number of hydrogen-bond acceptors (Lipinski definition) is 3. The van der Waals surface area contributed by atoms with Gasteiger partial charge >= 0.3 is 0 Å². The average molecular weight is 287 g/mol. The van der Waals surface area contributed by atoms with E-state index in [1.54, 1.807) is 0 Å². The summed E-state index contributed by atoms with van der Waals surface area (Å²) < 4.78 is 31.6. The topological polar surface area (TPSA) is 35.0 Å². The van der Waals surface area contributed by atoms with Crippen molar-refractivity contribution in [3.63, 3.8) is 0 Å². The van der Waals surface area contributed by atoms with Crippen LogP contribution < -0.4 is 4.74 Å². The minimum Gasteiger partial charge on any atom is -0.436 e. The van der Waals surface area contributed by atoms with E-state index in [0.29, 0.717) is 4.60 Å². The first-order valence-corrected chi connectivity index (χ1v) is 5.05. The molecule has 3 nitrogen and oxygen atoms in total. The van der Waals surface area contributed by atoms with Gasteiger partial charge in [-0.1, -0.05) is 0 Å². The highest BCUT2D eigenvalue weighted by atomic mass is 79.9. The summed E-state index contributed by atoms with van der Waals surface area (Å²) in [6, 6.07) is 4.40. The third kappa shape index (κ3) is 2.52. The van der Waals surface area contributed by atoms with Crippen molar-refractivity contribution in [2.24, 2.45) is 0 Å². The molecule has 0 saturated carbocycles. The van der Waals surface area contributed by atoms with E-state index in [-0.39, 0.29) is 11.6 Å². The van der Waals surface area contributed by atoms with Gasteiger partial charge in [0.05, 0.1) is 0 Å². The molecule has 0 unspecified atom stereocenters. The highest BCUT2D eigenvalue weighted by Crippen LogP contribution is 2.24. The lowest BCUT2D eigenvalue weighted by atomic mass is 10.3. The first-order chi connectivity index (χ1) is 7.65. The fourth-order valence-electron chi connectivity index (χ4n) is 1.04. The molecular weight excluding hydrogens is 282 g/mol. The standard InChI is InChI=1S/C10H5BrF2N2O/c11-9-4-10(15-5-14-9)16-8-3-6(12)1-2-7(8)13/h1-5H. The summed E-state index contributed by atoms with van der Waals surface area (Å²) >= 11 is 3.11. The molecule has 0 spiro atoms. The van der Waals surface area contributed by atoms with E-state index in [4.69, 9.17) is 4.74 Å². The maximum Gasteiger partial charge on any atom is 0.223 e. The number of hydrogen-bond donors (Lipinski definition) is 0. The van der Waals surface area contributed by atoms with Gasteiger partial charge < -0.3 is 4.74 Å². The minimum absolute atomic E-state index is 0.131. The van der Waals surface area contributed by atoms with E-state index in [0.717, 1.165) is 18.2 Å². The quantitative estimate of drug-likeness (QED) is 0.795. The van der Waals surface area contributed by atoms with Gasteiger partial charge in [0, 0.05) is 12.1 Å². The van der Waals surface area contributed by atoms with Crippen LogP contribution >= 0.6 is 15.9 Å². The number of aromatic nitrogens is 2. The summed E-state index contributed by atoms with van der Waals surface area (Å²) in [5.41, 5.74) is 0. The number of halogens is 3. The van der Waals surface area contributed by atoms with Crippen molar-refractivity contribution in [3.05, 3.63) is 46.8 Å². The Bertz CT molecular complexity index is 522. The molecule has 0 aliphatic rings. The van der Waals surface area contributed by atoms with E-state index in [2.05, 4.69) is 25.9 Å². The molecule has 0 saturated heterocycles. The molecule has 0 aliphatic heterocycles. The molecule has 82 valence electrons. The molecular formula is C10H5BrF2N2O. The van der Waals surface area contributed by atoms with Gasteiger partial charge in [-0.05, 0) is 28.1 Å². The second-order valence-corrected chi connectivity index (χ2v) is 3.67. The molecule has 0 bridgehead atoms. The lowest BCUT2D eigenvalue weighted by Gasteiger charge is -2.05. The Morgan fingerprint density at radius 3 is 2.69 bits per heavy atom. The predicted molar refractivity (Wildman–Crippen MR) is 56.2 cm³/mol. The van der Waals surface area contributed by atoms with E-state index >= 15 is 0 Å². The molecule has 1 aromatic heterocycles. The van der Waals surface area contributed by atoms with Crippen molar-refractivity contribution < 1.29 is 13.5 Å². The number of rotatable bonds is 2. The minimum atomic E-state index is -0.656. The first-order valence-electron chi connectivity index (χ1n) is 4.25. The van der Waals surface area contributed by atoms with Crippen molar-refractivity contribution in [1.29, 1.82) is 0 Å². The van der Waals surface area contributed by atoms with Crippen LogP contribution in [-0.4, -0.2) is 9.97 Å². The third-order valence-corrected chi connectivity index (χ3v) is 2.15. The summed E-state index contributed by atoms with van der Waals surface area (Å²) in [6.45, 7) is 0. The Kier molecular flexibility index (Phi) is 3.09. The van der Waals surface area contributed by atoms with Gasteiger partial charge in [0.25, 0.3) is 0 Å². The highest BCUT2D eigenvalue weighted by Gasteiger charge is 2.07. The van der Waals surface area contributed by atoms with Crippen LogP contribution in [-0.2, 0) is 0 Å². The smallest absolute Gasteiger partial charge is 0.223 e. The van der Waals surface area contributed by atoms with Crippen LogP contribution in [0.5, 0.6) is 11.6 Å². The zero-order valence-electron chi connectivity index (χ0n) is 7.82. The molecule has 2 aromatic rings. The Hall–Kier alpha value is -1.56. The Morgan fingerprint density at radius 1 is 1.12 bits per heavy atom. The molecule has 1 aromatic carbocycles. The molecule has 0 N–H and O–H groups in total. The van der Waals surface area contributed by atoms with Crippen molar-refractivity contribution in [2.75, 3.05) is 0 Å². The van der Waals surface area contributed by atoms with Gasteiger partial charge in [0.15, 0.2) is 11.6 Å². The SMILES string of the molecule is Fc1ccc(F)c(Oc2cc(Br)ncn2)c1. The summed E-state index contributed by atoms with van der Waals surface area (Å²) in [6.07, 6.45) is 1.25. The largest absolute Gasteiger partial charge is 0.436 e. The normalized spacial score (nSPS) is 10.2. The van der Waals surface area contributed by atoms with Crippen LogP contribution in [0.3, 0.4) is 0 Å². The molecule has 2 rings (SSSR count). The first kappa shape index (κ1) is 10.9. The van der Waals surface area contributed by atoms with E-state index in [1.807, 2.05) is 0 Å². The van der Waals surface area contributed by atoms with Crippen LogP contribution in [0.15, 0.2) is 35.2 Å². The number of nitrogens with zero attached hydrogens (tertiary/aromatic N) is 2. The van der Waals surface area contributed by atoms with Gasteiger partial charge in [0.1, 0.15) is 16.7 Å². The maximum atomic E-state index is 13.2. The zero-order valence-corrected chi connectivity index (χ0v) is 9.41. The maximum absolute atomic E-state index is 13.2. The van der Waals surface area contributed by atoms with Gasteiger partial charge in [-0.3, -0.25) is 0 Å². The Labute approximate surface area is 98.2 Å². The third-order valence-electron chi connectivity index (χ3n) is 1.72. The molecule has 0 fully saturated rings. The molecule has 6 heteroatoms. The molecule has 1 heterocycles. The Morgan fingerprint density at radius 2 is 1.94 bits per heavy atom. The fraction of sp³-hybridized carbons (Fsp3) is 0. The van der Waals surface area contributed by atoms with E-state index in [1.165, 1.54) is 12.4 Å². The van der Waals surface area contributed by atoms with E-state index < -0.39 is 11.6 Å². The molecule has 0 atom stereocenters. The van der Waals surface area contributed by atoms with E-state index in [9.17, 15) is 8.78 Å². The zero-order chi connectivity index (χ0) is 11.5. The van der Waals surface area contributed by atoms with Crippen LogP contribution in [0.1, 0.15) is 0 Å². The van der Waals surface area contributed by atoms with Crippen molar-refractivity contribution in [1.82, 2.24) is 9.97 Å². The van der Waals surface area contributed by atoms with Gasteiger partial charge in [-0.2, -0.15) is 0 Å². The molecule has 0 radical (unpaired) electrons. The summed E-state index contributed by atoms with van der Waals surface area (Å²) in [5.74, 6) is -1.32.